The molecule has 1 rings (SSSR count). The number of hydrogen-bond donors (Lipinski definition) is 1. The number of hydrogen-bond acceptors (Lipinski definition) is 3. The van der Waals surface area contributed by atoms with Gasteiger partial charge in [-0.15, -0.1) is 0 Å². The van der Waals surface area contributed by atoms with Gasteiger partial charge in [-0.1, -0.05) is 17.7 Å². The van der Waals surface area contributed by atoms with Gasteiger partial charge in [-0.2, -0.15) is 11.8 Å². The molecule has 90 valence electrons. The van der Waals surface area contributed by atoms with E-state index >= 15 is 0 Å². The summed E-state index contributed by atoms with van der Waals surface area (Å²) in [6, 6.07) is 8.14. The van der Waals surface area contributed by atoms with Gasteiger partial charge in [0, 0.05) is 17.0 Å². The van der Waals surface area contributed by atoms with Crippen molar-refractivity contribution in [1.29, 1.82) is 0 Å². The Morgan fingerprint density at radius 1 is 1.25 bits per heavy atom. The van der Waals surface area contributed by atoms with E-state index in [4.69, 9.17) is 10.5 Å². The highest BCUT2D eigenvalue weighted by Gasteiger charge is 2.09. The van der Waals surface area contributed by atoms with Gasteiger partial charge in [0.15, 0.2) is 0 Å². The molecule has 3 heteroatoms. The van der Waals surface area contributed by atoms with Crippen molar-refractivity contribution in [2.24, 2.45) is 5.73 Å². The van der Waals surface area contributed by atoms with Crippen LogP contribution in [0.15, 0.2) is 24.3 Å². The van der Waals surface area contributed by atoms with Crippen LogP contribution in [0.25, 0.3) is 0 Å². The molecule has 1 aromatic rings. The van der Waals surface area contributed by atoms with E-state index in [0.717, 1.165) is 23.9 Å². The van der Waals surface area contributed by atoms with Gasteiger partial charge < -0.3 is 10.5 Å². The number of benzene rings is 1. The Labute approximate surface area is 103 Å². The maximum absolute atomic E-state index is 5.88. The molecule has 0 atom stereocenters. The van der Waals surface area contributed by atoms with E-state index in [-0.39, 0.29) is 5.54 Å². The Hall–Kier alpha value is -0.670. The van der Waals surface area contributed by atoms with Crippen molar-refractivity contribution < 1.29 is 4.74 Å². The molecule has 0 aliphatic heterocycles. The maximum atomic E-state index is 5.88. The van der Waals surface area contributed by atoms with Crippen molar-refractivity contribution in [3.8, 4) is 5.75 Å². The molecule has 2 nitrogen and oxygen atoms in total. The van der Waals surface area contributed by atoms with Gasteiger partial charge in [0.2, 0.25) is 0 Å². The first-order chi connectivity index (χ1) is 7.47. The van der Waals surface area contributed by atoms with Gasteiger partial charge >= 0.3 is 0 Å². The molecule has 0 amide bonds. The largest absolute Gasteiger partial charge is 0.493 e. The predicted molar refractivity (Wildman–Crippen MR) is 72.3 cm³/mol. The lowest BCUT2D eigenvalue weighted by atomic mass is 10.1. The fourth-order valence-corrected chi connectivity index (χ4v) is 2.06. The molecular formula is C13H21NOS. The normalized spacial score (nSPS) is 11.5. The van der Waals surface area contributed by atoms with Crippen LogP contribution in [0.3, 0.4) is 0 Å². The minimum atomic E-state index is -0.0888. The Morgan fingerprint density at radius 2 is 1.88 bits per heavy atom. The van der Waals surface area contributed by atoms with Crippen LogP contribution in [0.4, 0.5) is 0 Å². The smallest absolute Gasteiger partial charge is 0.119 e. The Balaban J connectivity index is 2.14. The SMILES string of the molecule is Cc1ccc(OCCSCC(C)(C)N)cc1. The monoisotopic (exact) mass is 239 g/mol. The third-order valence-corrected chi connectivity index (χ3v) is 3.39. The number of aryl methyl sites for hydroxylation is 1. The Bertz CT molecular complexity index is 303. The first-order valence-corrected chi connectivity index (χ1v) is 6.69. The predicted octanol–water partition coefficient (Wildman–Crippen LogP) is 2.84. The fraction of sp³-hybridized carbons (Fsp3) is 0.538. The number of rotatable bonds is 6. The van der Waals surface area contributed by atoms with Crippen LogP contribution in [0.1, 0.15) is 19.4 Å². The molecule has 1 aromatic carbocycles. The lowest BCUT2D eigenvalue weighted by Gasteiger charge is -2.17. The second kappa shape index (κ2) is 6.16. The van der Waals surface area contributed by atoms with Gasteiger partial charge in [0.1, 0.15) is 5.75 Å². The van der Waals surface area contributed by atoms with E-state index in [0.29, 0.717) is 0 Å². The minimum Gasteiger partial charge on any atom is -0.493 e. The second-order valence-corrected chi connectivity index (χ2v) is 5.81. The summed E-state index contributed by atoms with van der Waals surface area (Å²) >= 11 is 1.83. The summed E-state index contributed by atoms with van der Waals surface area (Å²) in [5, 5.41) is 0. The van der Waals surface area contributed by atoms with Gasteiger partial charge in [-0.3, -0.25) is 0 Å². The highest BCUT2D eigenvalue weighted by atomic mass is 32.2. The summed E-state index contributed by atoms with van der Waals surface area (Å²) in [7, 11) is 0. The minimum absolute atomic E-state index is 0.0888. The van der Waals surface area contributed by atoms with Crippen molar-refractivity contribution in [3.05, 3.63) is 29.8 Å². The quantitative estimate of drug-likeness (QED) is 0.775. The zero-order valence-corrected chi connectivity index (χ0v) is 11.1. The van der Waals surface area contributed by atoms with Crippen LogP contribution in [0, 0.1) is 6.92 Å². The summed E-state index contributed by atoms with van der Waals surface area (Å²) in [6.07, 6.45) is 0. The van der Waals surface area contributed by atoms with Crippen molar-refractivity contribution in [2.75, 3.05) is 18.1 Å². The molecule has 0 bridgehead atoms. The van der Waals surface area contributed by atoms with E-state index in [1.54, 1.807) is 0 Å². The van der Waals surface area contributed by atoms with E-state index in [1.165, 1.54) is 5.56 Å². The Morgan fingerprint density at radius 3 is 2.44 bits per heavy atom. The Kier molecular flexibility index (Phi) is 5.16. The highest BCUT2D eigenvalue weighted by Crippen LogP contribution is 2.13. The van der Waals surface area contributed by atoms with Crippen molar-refractivity contribution in [3.63, 3.8) is 0 Å². The molecule has 2 N–H and O–H groups in total. The molecule has 0 aliphatic carbocycles. The summed E-state index contributed by atoms with van der Waals surface area (Å²) < 4.78 is 5.61. The average molecular weight is 239 g/mol. The maximum Gasteiger partial charge on any atom is 0.119 e. The average Bonchev–Trinajstić information content (AvgIpc) is 2.19. The zero-order valence-electron chi connectivity index (χ0n) is 10.3. The summed E-state index contributed by atoms with van der Waals surface area (Å²) in [5.74, 6) is 2.89. The lowest BCUT2D eigenvalue weighted by Crippen LogP contribution is -2.34. The van der Waals surface area contributed by atoms with Gasteiger partial charge in [-0.25, -0.2) is 0 Å². The van der Waals surface area contributed by atoms with Crippen LogP contribution in [0.2, 0.25) is 0 Å². The number of ether oxygens (including phenoxy) is 1. The van der Waals surface area contributed by atoms with Crippen LogP contribution in [0.5, 0.6) is 5.75 Å². The van der Waals surface area contributed by atoms with Crippen molar-refractivity contribution in [2.45, 2.75) is 26.3 Å². The molecule has 0 aliphatic rings. The zero-order chi connectivity index (χ0) is 12.0. The molecule has 16 heavy (non-hydrogen) atoms. The summed E-state index contributed by atoms with van der Waals surface area (Å²) in [4.78, 5) is 0. The number of thioether (sulfide) groups is 1. The van der Waals surface area contributed by atoms with E-state index in [9.17, 15) is 0 Å². The second-order valence-electron chi connectivity index (χ2n) is 4.70. The van der Waals surface area contributed by atoms with Gasteiger partial charge in [0.25, 0.3) is 0 Å². The molecule has 0 unspecified atom stereocenters. The standard InChI is InChI=1S/C13H21NOS/c1-11-4-6-12(7-5-11)15-8-9-16-10-13(2,3)14/h4-7H,8-10,14H2,1-3H3. The summed E-state index contributed by atoms with van der Waals surface area (Å²) in [6.45, 7) is 6.90. The van der Waals surface area contributed by atoms with Crippen LogP contribution in [-0.2, 0) is 0 Å². The third kappa shape index (κ3) is 6.03. The molecule has 0 radical (unpaired) electrons. The van der Waals surface area contributed by atoms with Crippen molar-refractivity contribution >= 4 is 11.8 Å². The summed E-state index contributed by atoms with van der Waals surface area (Å²) in [5.41, 5.74) is 7.05. The molecule has 0 spiro atoms. The van der Waals surface area contributed by atoms with Crippen LogP contribution in [-0.4, -0.2) is 23.7 Å². The lowest BCUT2D eigenvalue weighted by molar-refractivity contribution is 0.344. The number of nitrogens with two attached hydrogens (primary N) is 1. The van der Waals surface area contributed by atoms with Crippen LogP contribution < -0.4 is 10.5 Å². The molecule has 0 heterocycles. The molecule has 0 fully saturated rings. The molecule has 0 aromatic heterocycles. The molecular weight excluding hydrogens is 218 g/mol. The first kappa shape index (κ1) is 13.4. The fourth-order valence-electron chi connectivity index (χ4n) is 1.19. The van der Waals surface area contributed by atoms with Crippen LogP contribution >= 0.6 is 11.8 Å². The third-order valence-electron chi connectivity index (χ3n) is 1.99. The van der Waals surface area contributed by atoms with Crippen molar-refractivity contribution in [1.82, 2.24) is 0 Å². The van der Waals surface area contributed by atoms with Gasteiger partial charge in [0.05, 0.1) is 6.61 Å². The topological polar surface area (TPSA) is 35.2 Å². The highest BCUT2D eigenvalue weighted by molar-refractivity contribution is 7.99. The van der Waals surface area contributed by atoms with E-state index in [1.807, 2.05) is 37.7 Å². The molecule has 0 saturated carbocycles. The van der Waals surface area contributed by atoms with E-state index in [2.05, 4.69) is 19.1 Å². The van der Waals surface area contributed by atoms with E-state index < -0.39 is 0 Å². The first-order valence-electron chi connectivity index (χ1n) is 5.53. The molecule has 0 saturated heterocycles. The van der Waals surface area contributed by atoms with Gasteiger partial charge in [-0.05, 0) is 32.9 Å².